The van der Waals surface area contributed by atoms with Crippen molar-refractivity contribution >= 4 is 18.4 Å². The van der Waals surface area contributed by atoms with Gasteiger partial charge < -0.3 is 4.74 Å². The highest BCUT2D eigenvalue weighted by Gasteiger charge is 2.52. The Bertz CT molecular complexity index is 599. The third kappa shape index (κ3) is 3.43. The number of alkyl halides is 1. The van der Waals surface area contributed by atoms with E-state index in [0.29, 0.717) is 12.0 Å². The van der Waals surface area contributed by atoms with E-state index in [4.69, 9.17) is 4.74 Å². The molecule has 6 atom stereocenters. The molecule has 1 aromatic carbocycles. The molecule has 1 aromatic rings. The summed E-state index contributed by atoms with van der Waals surface area (Å²) in [7, 11) is 1.50. The number of rotatable bonds is 5. The standard InChI is InChI=1S/C20H26FNO2.ClH/c1-24-20(23)19-17(13-5-3-2-4-6-13)10-16-7-8-18(19)22(16)12-15-9-14(15)11-21;/h2-6,14-19H,7-12H2,1H3;1H/t14-,15-,16-,17+,18+,19-;/m0./s1. The zero-order chi connectivity index (χ0) is 16.7. The molecule has 3 nitrogen and oxygen atoms in total. The molecule has 3 fully saturated rings. The van der Waals surface area contributed by atoms with E-state index in [2.05, 4.69) is 17.0 Å². The van der Waals surface area contributed by atoms with E-state index < -0.39 is 0 Å². The maximum Gasteiger partial charge on any atom is 0.310 e. The highest BCUT2D eigenvalue weighted by atomic mass is 35.5. The highest BCUT2D eigenvalue weighted by Crippen LogP contribution is 2.50. The van der Waals surface area contributed by atoms with Gasteiger partial charge in [0, 0.05) is 24.5 Å². The number of methoxy groups -OCH3 is 1. The average Bonchev–Trinajstić information content (AvgIpc) is 3.32. The fourth-order valence-electron chi connectivity index (χ4n) is 5.09. The summed E-state index contributed by atoms with van der Waals surface area (Å²) in [6.45, 7) is 0.764. The van der Waals surface area contributed by atoms with E-state index in [-0.39, 0.29) is 48.8 Å². The molecule has 0 aromatic heterocycles. The summed E-state index contributed by atoms with van der Waals surface area (Å²) in [5, 5.41) is 0. The van der Waals surface area contributed by atoms with Gasteiger partial charge in [0.1, 0.15) is 0 Å². The molecule has 1 saturated carbocycles. The van der Waals surface area contributed by atoms with Crippen LogP contribution >= 0.6 is 12.4 Å². The van der Waals surface area contributed by atoms with Crippen LogP contribution in [-0.2, 0) is 9.53 Å². The van der Waals surface area contributed by atoms with Gasteiger partial charge in [0.25, 0.3) is 0 Å². The van der Waals surface area contributed by atoms with Crippen molar-refractivity contribution in [2.45, 2.75) is 43.7 Å². The summed E-state index contributed by atoms with van der Waals surface area (Å²) in [4.78, 5) is 15.1. The fourth-order valence-corrected chi connectivity index (χ4v) is 5.09. The molecule has 5 heteroatoms. The van der Waals surface area contributed by atoms with E-state index in [0.717, 1.165) is 32.2 Å². The van der Waals surface area contributed by atoms with Gasteiger partial charge in [-0.1, -0.05) is 30.3 Å². The Labute approximate surface area is 155 Å². The molecular formula is C20H27ClFNO2. The number of carbonyl (C=O) groups is 1. The van der Waals surface area contributed by atoms with E-state index in [1.54, 1.807) is 0 Å². The number of ether oxygens (including phenoxy) is 1. The van der Waals surface area contributed by atoms with Crippen LogP contribution in [0.1, 0.15) is 37.2 Å². The van der Waals surface area contributed by atoms with Gasteiger partial charge in [-0.25, -0.2) is 0 Å². The van der Waals surface area contributed by atoms with Crippen LogP contribution in [0.3, 0.4) is 0 Å². The number of halogens is 2. The fraction of sp³-hybridized carbons (Fsp3) is 0.650. The van der Waals surface area contributed by atoms with Crippen molar-refractivity contribution in [1.29, 1.82) is 0 Å². The second kappa shape index (κ2) is 7.63. The first kappa shape index (κ1) is 18.7. The van der Waals surface area contributed by atoms with Crippen LogP contribution in [0, 0.1) is 17.8 Å². The smallest absolute Gasteiger partial charge is 0.310 e. The molecule has 4 rings (SSSR count). The van der Waals surface area contributed by atoms with Crippen molar-refractivity contribution < 1.29 is 13.9 Å². The van der Waals surface area contributed by atoms with E-state index in [9.17, 15) is 9.18 Å². The Kier molecular flexibility index (Phi) is 5.69. The largest absolute Gasteiger partial charge is 0.469 e. The second-order valence-corrected chi connectivity index (χ2v) is 7.71. The summed E-state index contributed by atoms with van der Waals surface area (Å²) in [6, 6.07) is 11.2. The summed E-state index contributed by atoms with van der Waals surface area (Å²) >= 11 is 0. The Balaban J connectivity index is 0.00000182. The van der Waals surface area contributed by atoms with Gasteiger partial charge in [-0.2, -0.15) is 0 Å². The molecule has 0 spiro atoms. The molecule has 0 unspecified atom stereocenters. The second-order valence-electron chi connectivity index (χ2n) is 7.71. The molecule has 2 heterocycles. The molecular weight excluding hydrogens is 341 g/mol. The molecule has 2 bridgehead atoms. The minimum Gasteiger partial charge on any atom is -0.469 e. The average molecular weight is 368 g/mol. The third-order valence-electron chi connectivity index (χ3n) is 6.48. The SMILES string of the molecule is COC(=O)[C@H]1[C@@H](c2ccccc2)C[C@@H]2CC[C@H]1N2C[C@@H]1C[C@H]1CF.Cl. The van der Waals surface area contributed by atoms with E-state index in [1.807, 2.05) is 18.2 Å². The van der Waals surface area contributed by atoms with Gasteiger partial charge in [0.05, 0.1) is 19.7 Å². The monoisotopic (exact) mass is 367 g/mol. The van der Waals surface area contributed by atoms with E-state index in [1.165, 1.54) is 12.7 Å². The lowest BCUT2D eigenvalue weighted by Gasteiger charge is -2.44. The van der Waals surface area contributed by atoms with Crippen LogP contribution in [0.25, 0.3) is 0 Å². The summed E-state index contributed by atoms with van der Waals surface area (Å²) in [5.74, 6) is 0.803. The predicted molar refractivity (Wildman–Crippen MR) is 97.6 cm³/mol. The van der Waals surface area contributed by atoms with Crippen molar-refractivity contribution in [1.82, 2.24) is 4.90 Å². The molecule has 0 N–H and O–H groups in total. The summed E-state index contributed by atoms with van der Waals surface area (Å²) in [6.07, 6.45) is 4.22. The Morgan fingerprint density at radius 3 is 2.60 bits per heavy atom. The van der Waals surface area contributed by atoms with Gasteiger partial charge in [-0.05, 0) is 43.1 Å². The lowest BCUT2D eigenvalue weighted by atomic mass is 9.76. The minimum absolute atomic E-state index is 0. The highest BCUT2D eigenvalue weighted by molar-refractivity contribution is 5.85. The first-order chi connectivity index (χ1) is 11.7. The van der Waals surface area contributed by atoms with E-state index >= 15 is 0 Å². The summed E-state index contributed by atoms with van der Waals surface area (Å²) < 4.78 is 18.0. The van der Waals surface area contributed by atoms with Crippen molar-refractivity contribution in [3.8, 4) is 0 Å². The Hall–Kier alpha value is -1.13. The number of benzene rings is 1. The molecule has 0 radical (unpaired) electrons. The number of hydrogen-bond acceptors (Lipinski definition) is 3. The molecule has 2 aliphatic heterocycles. The number of piperidine rings is 1. The zero-order valence-corrected chi connectivity index (χ0v) is 15.5. The predicted octanol–water partition coefficient (Wildman–Crippen LogP) is 3.82. The van der Waals surface area contributed by atoms with Crippen LogP contribution in [0.2, 0.25) is 0 Å². The number of fused-ring (bicyclic) bond motifs is 2. The number of carbonyl (C=O) groups excluding carboxylic acids is 1. The normalized spacial score (nSPS) is 36.6. The van der Waals surface area contributed by atoms with Crippen LogP contribution in [0.4, 0.5) is 4.39 Å². The third-order valence-corrected chi connectivity index (χ3v) is 6.48. The van der Waals surface area contributed by atoms with Crippen LogP contribution < -0.4 is 0 Å². The van der Waals surface area contributed by atoms with Gasteiger partial charge >= 0.3 is 5.97 Å². The molecule has 1 aliphatic carbocycles. The Morgan fingerprint density at radius 2 is 1.96 bits per heavy atom. The quantitative estimate of drug-likeness (QED) is 0.741. The molecule has 3 aliphatic rings. The molecule has 0 amide bonds. The van der Waals surface area contributed by atoms with Crippen molar-refractivity contribution in [3.05, 3.63) is 35.9 Å². The topological polar surface area (TPSA) is 29.5 Å². The van der Waals surface area contributed by atoms with Crippen molar-refractivity contribution in [2.24, 2.45) is 17.8 Å². The molecule has 2 saturated heterocycles. The maximum atomic E-state index is 12.8. The Morgan fingerprint density at radius 1 is 1.20 bits per heavy atom. The summed E-state index contributed by atoms with van der Waals surface area (Å²) in [5.41, 5.74) is 1.25. The van der Waals surface area contributed by atoms with Gasteiger partial charge in [-0.15, -0.1) is 12.4 Å². The zero-order valence-electron chi connectivity index (χ0n) is 14.6. The van der Waals surface area contributed by atoms with Gasteiger partial charge in [0.2, 0.25) is 0 Å². The molecule has 25 heavy (non-hydrogen) atoms. The first-order valence-electron chi connectivity index (χ1n) is 9.17. The van der Waals surface area contributed by atoms with Crippen LogP contribution in [0.15, 0.2) is 30.3 Å². The number of hydrogen-bond donors (Lipinski definition) is 0. The van der Waals surface area contributed by atoms with Crippen LogP contribution in [0.5, 0.6) is 0 Å². The maximum absolute atomic E-state index is 12.8. The minimum atomic E-state index is -0.194. The lowest BCUT2D eigenvalue weighted by molar-refractivity contribution is -0.150. The van der Waals surface area contributed by atoms with Crippen molar-refractivity contribution in [2.75, 3.05) is 20.3 Å². The molecule has 138 valence electrons. The number of esters is 1. The van der Waals surface area contributed by atoms with Gasteiger partial charge in [0.15, 0.2) is 0 Å². The number of nitrogens with zero attached hydrogens (tertiary/aromatic N) is 1. The van der Waals surface area contributed by atoms with Crippen molar-refractivity contribution in [3.63, 3.8) is 0 Å². The first-order valence-corrected chi connectivity index (χ1v) is 9.17. The lowest BCUT2D eigenvalue weighted by Crippen LogP contribution is -2.51. The van der Waals surface area contributed by atoms with Crippen LogP contribution in [-0.4, -0.2) is 43.3 Å². The van der Waals surface area contributed by atoms with Gasteiger partial charge in [-0.3, -0.25) is 14.1 Å².